The van der Waals surface area contributed by atoms with Gasteiger partial charge in [0, 0.05) is 12.6 Å². The SMILES string of the molecule is CC(C)(C)OC(=O)N1CCC(N)[C@](C)(O)C1. The van der Waals surface area contributed by atoms with Crippen molar-refractivity contribution in [1.29, 1.82) is 0 Å². The maximum atomic E-state index is 11.8. The molecule has 1 aliphatic heterocycles. The molecule has 0 aromatic heterocycles. The highest BCUT2D eigenvalue weighted by molar-refractivity contribution is 5.68. The van der Waals surface area contributed by atoms with E-state index in [0.717, 1.165) is 0 Å². The van der Waals surface area contributed by atoms with Crippen LogP contribution in [0.1, 0.15) is 34.1 Å². The van der Waals surface area contributed by atoms with Gasteiger partial charge in [0.25, 0.3) is 0 Å². The molecule has 94 valence electrons. The zero-order valence-electron chi connectivity index (χ0n) is 10.5. The second-order valence-electron chi connectivity index (χ2n) is 5.65. The Morgan fingerprint density at radius 1 is 1.56 bits per heavy atom. The van der Waals surface area contributed by atoms with Crippen molar-refractivity contribution in [2.45, 2.75) is 51.4 Å². The third kappa shape index (κ3) is 3.35. The van der Waals surface area contributed by atoms with Crippen molar-refractivity contribution in [3.8, 4) is 0 Å². The van der Waals surface area contributed by atoms with Crippen LogP contribution in [0.15, 0.2) is 0 Å². The minimum absolute atomic E-state index is 0.225. The van der Waals surface area contributed by atoms with Crippen LogP contribution in [0.5, 0.6) is 0 Å². The molecule has 1 unspecified atom stereocenters. The van der Waals surface area contributed by atoms with Crippen molar-refractivity contribution >= 4 is 6.09 Å². The highest BCUT2D eigenvalue weighted by atomic mass is 16.6. The molecule has 16 heavy (non-hydrogen) atoms. The molecule has 0 aromatic rings. The molecule has 0 aliphatic carbocycles. The minimum atomic E-state index is -1.03. The smallest absolute Gasteiger partial charge is 0.410 e. The van der Waals surface area contributed by atoms with E-state index in [9.17, 15) is 9.90 Å². The minimum Gasteiger partial charge on any atom is -0.444 e. The van der Waals surface area contributed by atoms with Crippen LogP contribution in [0.4, 0.5) is 4.79 Å². The molecule has 1 rings (SSSR count). The number of hydrogen-bond acceptors (Lipinski definition) is 4. The molecule has 0 radical (unpaired) electrons. The first-order chi connectivity index (χ1) is 7.12. The molecule has 1 heterocycles. The summed E-state index contributed by atoms with van der Waals surface area (Å²) in [5.41, 5.74) is 4.23. The number of nitrogens with two attached hydrogens (primary N) is 1. The maximum absolute atomic E-state index is 11.8. The van der Waals surface area contributed by atoms with Gasteiger partial charge in [0.15, 0.2) is 0 Å². The van der Waals surface area contributed by atoms with Crippen molar-refractivity contribution < 1.29 is 14.6 Å². The van der Waals surface area contributed by atoms with Crippen LogP contribution in [0.3, 0.4) is 0 Å². The third-order valence-corrected chi connectivity index (χ3v) is 2.67. The lowest BCUT2D eigenvalue weighted by Gasteiger charge is -2.41. The lowest BCUT2D eigenvalue weighted by atomic mass is 9.90. The normalized spacial score (nSPS) is 31.4. The Hall–Kier alpha value is -0.810. The van der Waals surface area contributed by atoms with E-state index in [1.807, 2.05) is 20.8 Å². The number of amides is 1. The fourth-order valence-corrected chi connectivity index (χ4v) is 1.67. The second-order valence-corrected chi connectivity index (χ2v) is 5.65. The van der Waals surface area contributed by atoms with Gasteiger partial charge in [0.05, 0.1) is 12.1 Å². The van der Waals surface area contributed by atoms with Gasteiger partial charge < -0.3 is 20.5 Å². The number of rotatable bonds is 0. The Balaban J connectivity index is 2.60. The first-order valence-corrected chi connectivity index (χ1v) is 5.58. The fourth-order valence-electron chi connectivity index (χ4n) is 1.67. The highest BCUT2D eigenvalue weighted by Gasteiger charge is 2.38. The average Bonchev–Trinajstić information content (AvgIpc) is 2.06. The van der Waals surface area contributed by atoms with Crippen molar-refractivity contribution in [2.75, 3.05) is 13.1 Å². The predicted octanol–water partition coefficient (Wildman–Crippen LogP) is 0.706. The van der Waals surface area contributed by atoms with Crippen molar-refractivity contribution in [3.05, 3.63) is 0 Å². The molecule has 1 aliphatic rings. The summed E-state index contributed by atoms with van der Waals surface area (Å²) in [6, 6.07) is -0.286. The van der Waals surface area contributed by atoms with Gasteiger partial charge in [-0.05, 0) is 34.1 Å². The van der Waals surface area contributed by atoms with Gasteiger partial charge in [-0.15, -0.1) is 0 Å². The summed E-state index contributed by atoms with van der Waals surface area (Å²) in [7, 11) is 0. The van der Waals surface area contributed by atoms with Crippen LogP contribution < -0.4 is 5.73 Å². The quantitative estimate of drug-likeness (QED) is 0.642. The second kappa shape index (κ2) is 4.22. The monoisotopic (exact) mass is 230 g/mol. The van der Waals surface area contributed by atoms with E-state index in [1.165, 1.54) is 4.90 Å². The predicted molar refractivity (Wildman–Crippen MR) is 61.0 cm³/mol. The number of hydrogen-bond donors (Lipinski definition) is 2. The van der Waals surface area contributed by atoms with Crippen LogP contribution in [0, 0.1) is 0 Å². The molecular formula is C11H22N2O3. The molecule has 0 saturated carbocycles. The lowest BCUT2D eigenvalue weighted by molar-refractivity contribution is -0.0436. The molecule has 5 heteroatoms. The number of nitrogens with zero attached hydrogens (tertiary/aromatic N) is 1. The first-order valence-electron chi connectivity index (χ1n) is 5.58. The van der Waals surface area contributed by atoms with E-state index in [1.54, 1.807) is 6.92 Å². The number of piperidine rings is 1. The summed E-state index contributed by atoms with van der Waals surface area (Å²) >= 11 is 0. The molecule has 2 atom stereocenters. The summed E-state index contributed by atoms with van der Waals surface area (Å²) in [6.45, 7) is 7.86. The number of likely N-dealkylation sites (tertiary alicyclic amines) is 1. The van der Waals surface area contributed by atoms with Crippen molar-refractivity contribution in [3.63, 3.8) is 0 Å². The molecule has 3 N–H and O–H groups in total. The van der Waals surface area contributed by atoms with Crippen LogP contribution in [-0.2, 0) is 4.74 Å². The molecule has 1 saturated heterocycles. The van der Waals surface area contributed by atoms with Crippen LogP contribution in [0.25, 0.3) is 0 Å². The molecule has 0 spiro atoms. The van der Waals surface area contributed by atoms with Gasteiger partial charge in [-0.1, -0.05) is 0 Å². The van der Waals surface area contributed by atoms with E-state index < -0.39 is 11.2 Å². The fraction of sp³-hybridized carbons (Fsp3) is 0.909. The van der Waals surface area contributed by atoms with Gasteiger partial charge in [-0.2, -0.15) is 0 Å². The standard InChI is InChI=1S/C11H22N2O3/c1-10(2,3)16-9(14)13-6-5-8(12)11(4,15)7-13/h8,15H,5-7,12H2,1-4H3/t8?,11-/m1/s1. The summed E-state index contributed by atoms with van der Waals surface area (Å²) in [5.74, 6) is 0. The van der Waals surface area contributed by atoms with Crippen LogP contribution >= 0.6 is 0 Å². The van der Waals surface area contributed by atoms with Gasteiger partial charge in [-0.3, -0.25) is 0 Å². The van der Waals surface area contributed by atoms with Crippen molar-refractivity contribution in [1.82, 2.24) is 4.90 Å². The van der Waals surface area contributed by atoms with Gasteiger partial charge in [-0.25, -0.2) is 4.79 Å². The van der Waals surface area contributed by atoms with Gasteiger partial charge in [0.2, 0.25) is 0 Å². The van der Waals surface area contributed by atoms with E-state index in [2.05, 4.69) is 0 Å². The van der Waals surface area contributed by atoms with Crippen LogP contribution in [0.2, 0.25) is 0 Å². The summed E-state index contributed by atoms with van der Waals surface area (Å²) in [5, 5.41) is 9.99. The maximum Gasteiger partial charge on any atom is 0.410 e. The van der Waals surface area contributed by atoms with E-state index >= 15 is 0 Å². The Morgan fingerprint density at radius 2 is 2.12 bits per heavy atom. The molecule has 1 fully saturated rings. The van der Waals surface area contributed by atoms with E-state index in [-0.39, 0.29) is 18.7 Å². The zero-order chi connectivity index (χ0) is 12.6. The largest absolute Gasteiger partial charge is 0.444 e. The van der Waals surface area contributed by atoms with Gasteiger partial charge >= 0.3 is 6.09 Å². The summed E-state index contributed by atoms with van der Waals surface area (Å²) in [6.07, 6.45) is 0.200. The Bertz CT molecular complexity index is 271. The number of carbonyl (C=O) groups excluding carboxylic acids is 1. The van der Waals surface area contributed by atoms with Crippen molar-refractivity contribution in [2.24, 2.45) is 5.73 Å². The number of carbonyl (C=O) groups is 1. The lowest BCUT2D eigenvalue weighted by Crippen LogP contribution is -2.60. The molecule has 1 amide bonds. The molecule has 0 aromatic carbocycles. The van der Waals surface area contributed by atoms with E-state index in [0.29, 0.717) is 13.0 Å². The molecular weight excluding hydrogens is 208 g/mol. The average molecular weight is 230 g/mol. The molecule has 0 bridgehead atoms. The number of β-amino-alcohol motifs (C(OH)–C–C–N with tert-alkyl or cyclic N) is 1. The first kappa shape index (κ1) is 13.3. The third-order valence-electron chi connectivity index (χ3n) is 2.67. The summed E-state index contributed by atoms with van der Waals surface area (Å²) in [4.78, 5) is 13.3. The summed E-state index contributed by atoms with van der Waals surface area (Å²) < 4.78 is 5.24. The topological polar surface area (TPSA) is 75.8 Å². The zero-order valence-corrected chi connectivity index (χ0v) is 10.5. The van der Waals surface area contributed by atoms with Gasteiger partial charge in [0.1, 0.15) is 5.60 Å². The van der Waals surface area contributed by atoms with Crippen LogP contribution in [-0.4, -0.2) is 46.4 Å². The van der Waals surface area contributed by atoms with E-state index in [4.69, 9.17) is 10.5 Å². The number of aliphatic hydroxyl groups is 1. The number of ether oxygens (including phenoxy) is 1. The molecule has 5 nitrogen and oxygen atoms in total. The Kier molecular flexibility index (Phi) is 3.50. The Morgan fingerprint density at radius 3 is 2.56 bits per heavy atom. The Labute approximate surface area is 96.6 Å². The highest BCUT2D eigenvalue weighted by Crippen LogP contribution is 2.21.